The molecule has 5 aliphatic rings. The molecule has 9 nitrogen and oxygen atoms in total. The number of allylic oxidation sites excluding steroid dienone is 2. The van der Waals surface area contributed by atoms with Gasteiger partial charge in [-0.3, -0.25) is 24.0 Å². The van der Waals surface area contributed by atoms with Gasteiger partial charge in [0.1, 0.15) is 18.8 Å². The van der Waals surface area contributed by atoms with Crippen LogP contribution in [0, 0.1) is 56.7 Å². The number of fused-ring (bicyclic) bond motifs is 7. The summed E-state index contributed by atoms with van der Waals surface area (Å²) in [7, 11) is 0. The number of nitrogens with zero attached hydrogens (tertiary/aromatic N) is 1. The van der Waals surface area contributed by atoms with Gasteiger partial charge in [0.25, 0.3) is 0 Å². The van der Waals surface area contributed by atoms with Crippen LogP contribution < -0.4 is 0 Å². The van der Waals surface area contributed by atoms with Gasteiger partial charge in [-0.15, -0.1) is 0 Å². The zero-order valence-electron chi connectivity index (χ0n) is 31.9. The Bertz CT molecular complexity index is 1420. The van der Waals surface area contributed by atoms with E-state index in [2.05, 4.69) is 48.5 Å². The molecular weight excluding hydrogens is 622 g/mol. The van der Waals surface area contributed by atoms with Crippen molar-refractivity contribution in [1.29, 1.82) is 0 Å². The quantitative estimate of drug-likeness (QED) is 0.215. The van der Waals surface area contributed by atoms with Crippen molar-refractivity contribution in [3.8, 4) is 0 Å². The van der Waals surface area contributed by atoms with Crippen LogP contribution >= 0.6 is 0 Å². The van der Waals surface area contributed by atoms with E-state index in [1.54, 1.807) is 0 Å². The standard InChI is InChI=1S/C40H61NO8/c1-12-41(13-2)35(46)40-17-14-23(3)24(4)32(40)28-20-29(45)33-36(8)21-30(48-26(6)43)34(49-27(7)44)37(9,22-47-25(5)42)31(36)15-16-39(33,11)38(28,10)18-19-40/h20,23-24,30-34H,12-19,21-22H2,1-11H3/t23-,24+,30-,31-,32+,33-,34+,36+,37+,38-,39-,40+/m1/s1. The minimum absolute atomic E-state index is 0.0157. The van der Waals surface area contributed by atoms with E-state index in [0.717, 1.165) is 44.1 Å². The highest BCUT2D eigenvalue weighted by Gasteiger charge is 2.73. The molecule has 0 unspecified atom stereocenters. The van der Waals surface area contributed by atoms with E-state index < -0.39 is 57.7 Å². The molecule has 0 spiro atoms. The number of carbonyl (C=O) groups is 5. The average molecular weight is 684 g/mol. The van der Waals surface area contributed by atoms with Crippen LogP contribution in [0.1, 0.15) is 121 Å². The lowest BCUT2D eigenvalue weighted by Gasteiger charge is -2.71. The minimum atomic E-state index is -0.915. The second-order valence-corrected chi connectivity index (χ2v) is 17.4. The summed E-state index contributed by atoms with van der Waals surface area (Å²) in [5.74, 6) is -1.05. The first kappa shape index (κ1) is 37.5. The normalized spacial score (nSPS) is 44.2. The molecular formula is C40H61NO8. The van der Waals surface area contributed by atoms with Crippen molar-refractivity contribution < 1.29 is 38.2 Å². The molecule has 0 heterocycles. The maximum absolute atomic E-state index is 15.1. The second kappa shape index (κ2) is 12.8. The van der Waals surface area contributed by atoms with Gasteiger partial charge < -0.3 is 19.1 Å². The zero-order valence-corrected chi connectivity index (χ0v) is 31.9. The molecule has 9 heteroatoms. The summed E-state index contributed by atoms with van der Waals surface area (Å²) in [5, 5.41) is 0. The molecule has 1 amide bonds. The monoisotopic (exact) mass is 683 g/mol. The molecule has 0 bridgehead atoms. The van der Waals surface area contributed by atoms with Crippen LogP contribution in [0.15, 0.2) is 11.6 Å². The first-order valence-electron chi connectivity index (χ1n) is 18.8. The Morgan fingerprint density at radius 2 is 1.49 bits per heavy atom. The number of carbonyl (C=O) groups excluding carboxylic acids is 5. The summed E-state index contributed by atoms with van der Waals surface area (Å²) in [5.41, 5.74) is -1.71. The second-order valence-electron chi connectivity index (χ2n) is 17.4. The van der Waals surface area contributed by atoms with Crippen molar-refractivity contribution in [3.63, 3.8) is 0 Å². The van der Waals surface area contributed by atoms with E-state index in [9.17, 15) is 19.2 Å². The molecule has 274 valence electrons. The lowest BCUT2D eigenvalue weighted by atomic mass is 9.33. The molecule has 4 saturated carbocycles. The summed E-state index contributed by atoms with van der Waals surface area (Å²) in [6, 6.07) is 0. The highest BCUT2D eigenvalue weighted by Crippen LogP contribution is 2.75. The number of hydrogen-bond acceptors (Lipinski definition) is 8. The molecule has 0 aliphatic heterocycles. The number of rotatable bonds is 7. The van der Waals surface area contributed by atoms with Crippen LogP contribution in [0.3, 0.4) is 0 Å². The third-order valence-corrected chi connectivity index (χ3v) is 15.1. The Labute approximate surface area is 293 Å². The van der Waals surface area contributed by atoms with Crippen LogP contribution in [0.5, 0.6) is 0 Å². The summed E-state index contributed by atoms with van der Waals surface area (Å²) in [6.45, 7) is 22.8. The van der Waals surface area contributed by atoms with Gasteiger partial charge in [0.05, 0.1) is 5.41 Å². The molecule has 0 radical (unpaired) electrons. The number of hydrogen-bond donors (Lipinski definition) is 0. The first-order chi connectivity index (χ1) is 22.8. The van der Waals surface area contributed by atoms with Crippen molar-refractivity contribution in [2.24, 2.45) is 56.7 Å². The fourth-order valence-corrected chi connectivity index (χ4v) is 12.6. The Hall–Kier alpha value is -2.71. The van der Waals surface area contributed by atoms with E-state index in [4.69, 9.17) is 14.2 Å². The molecule has 0 saturated heterocycles. The molecule has 0 aromatic carbocycles. The summed E-state index contributed by atoms with van der Waals surface area (Å²) in [4.78, 5) is 68.9. The van der Waals surface area contributed by atoms with Crippen LogP contribution in [0.4, 0.5) is 0 Å². The van der Waals surface area contributed by atoms with Crippen LogP contribution in [0.25, 0.3) is 0 Å². The van der Waals surface area contributed by atoms with Crippen LogP contribution in [-0.4, -0.2) is 66.4 Å². The number of amides is 1. The topological polar surface area (TPSA) is 116 Å². The maximum atomic E-state index is 15.1. The van der Waals surface area contributed by atoms with Crippen molar-refractivity contribution in [2.75, 3.05) is 19.7 Å². The summed E-state index contributed by atoms with van der Waals surface area (Å²) < 4.78 is 17.6. The third-order valence-electron chi connectivity index (χ3n) is 15.1. The van der Waals surface area contributed by atoms with Crippen LogP contribution in [-0.2, 0) is 38.2 Å². The molecule has 4 fully saturated rings. The average Bonchev–Trinajstić information content (AvgIpc) is 3.00. The maximum Gasteiger partial charge on any atom is 0.303 e. The predicted molar refractivity (Wildman–Crippen MR) is 185 cm³/mol. The molecule has 0 aromatic heterocycles. The smallest absolute Gasteiger partial charge is 0.303 e. The van der Waals surface area contributed by atoms with Gasteiger partial charge in [-0.05, 0) is 105 Å². The number of ether oxygens (including phenoxy) is 3. The van der Waals surface area contributed by atoms with Gasteiger partial charge in [-0.25, -0.2) is 0 Å². The van der Waals surface area contributed by atoms with E-state index in [-0.39, 0.29) is 41.5 Å². The first-order valence-corrected chi connectivity index (χ1v) is 18.8. The molecule has 5 rings (SSSR count). The molecule has 0 N–H and O–H groups in total. The zero-order chi connectivity index (χ0) is 36.5. The van der Waals surface area contributed by atoms with Crippen molar-refractivity contribution in [3.05, 3.63) is 11.6 Å². The Morgan fingerprint density at radius 1 is 0.857 bits per heavy atom. The van der Waals surface area contributed by atoms with Gasteiger partial charge in [0.2, 0.25) is 5.91 Å². The number of esters is 3. The van der Waals surface area contributed by atoms with E-state index in [1.165, 1.54) is 20.8 Å². The fraction of sp³-hybridized carbons (Fsp3) is 0.825. The van der Waals surface area contributed by atoms with Crippen LogP contribution in [0.2, 0.25) is 0 Å². The summed E-state index contributed by atoms with van der Waals surface area (Å²) >= 11 is 0. The predicted octanol–water partition coefficient (Wildman–Crippen LogP) is 6.71. The largest absolute Gasteiger partial charge is 0.465 e. The van der Waals surface area contributed by atoms with E-state index in [0.29, 0.717) is 25.4 Å². The lowest BCUT2D eigenvalue weighted by Crippen LogP contribution is -2.71. The van der Waals surface area contributed by atoms with Gasteiger partial charge in [-0.2, -0.15) is 0 Å². The Balaban J connectivity index is 1.67. The highest BCUT2D eigenvalue weighted by molar-refractivity contribution is 5.96. The van der Waals surface area contributed by atoms with Gasteiger partial charge in [0, 0.05) is 45.2 Å². The highest BCUT2D eigenvalue weighted by atomic mass is 16.6. The third kappa shape index (κ3) is 5.49. The van der Waals surface area contributed by atoms with Crippen molar-refractivity contribution in [2.45, 2.75) is 133 Å². The number of ketones is 1. The van der Waals surface area contributed by atoms with Crippen molar-refractivity contribution in [1.82, 2.24) is 4.90 Å². The fourth-order valence-electron chi connectivity index (χ4n) is 12.6. The van der Waals surface area contributed by atoms with E-state index in [1.807, 2.05) is 17.9 Å². The van der Waals surface area contributed by atoms with Gasteiger partial charge in [-0.1, -0.05) is 47.1 Å². The van der Waals surface area contributed by atoms with Gasteiger partial charge >= 0.3 is 17.9 Å². The van der Waals surface area contributed by atoms with Gasteiger partial charge in [0.15, 0.2) is 5.78 Å². The molecule has 12 atom stereocenters. The Kier molecular flexibility index (Phi) is 9.81. The molecule has 0 aromatic rings. The Morgan fingerprint density at radius 3 is 2.06 bits per heavy atom. The van der Waals surface area contributed by atoms with Crippen molar-refractivity contribution >= 4 is 29.6 Å². The summed E-state index contributed by atoms with van der Waals surface area (Å²) in [6.07, 6.45) is 5.57. The lowest BCUT2D eigenvalue weighted by molar-refractivity contribution is -0.252. The minimum Gasteiger partial charge on any atom is -0.465 e. The SMILES string of the molecule is CCN(CC)C(=O)[C@]12CC[C@@H](C)[C@H](C)[C@H]1C1=CC(=O)[C@@H]3[C@@]4(C)C[C@@H](OC(C)=O)[C@H](OC(C)=O)[C@@](C)(COC(C)=O)[C@@H]4CC[C@@]3(C)[C@]1(C)CC2. The molecule has 5 aliphatic carbocycles. The van der Waals surface area contributed by atoms with E-state index >= 15 is 4.79 Å². The molecule has 49 heavy (non-hydrogen) atoms.